The van der Waals surface area contributed by atoms with Crippen LogP contribution in [0.15, 0.2) is 22.7 Å². The molecule has 0 saturated heterocycles. The summed E-state index contributed by atoms with van der Waals surface area (Å²) in [4.78, 5) is 0. The van der Waals surface area contributed by atoms with Gasteiger partial charge in [-0.25, -0.2) is 0 Å². The third-order valence-corrected chi connectivity index (χ3v) is 3.52. The van der Waals surface area contributed by atoms with Gasteiger partial charge in [-0.15, -0.1) is 0 Å². The lowest BCUT2D eigenvalue weighted by Crippen LogP contribution is -2.18. The Labute approximate surface area is 132 Å². The summed E-state index contributed by atoms with van der Waals surface area (Å²) in [6, 6.07) is 5.81. The molecule has 0 heterocycles. The van der Waals surface area contributed by atoms with Gasteiger partial charge in [-0.3, -0.25) is 0 Å². The maximum atomic E-state index is 12.0. The van der Waals surface area contributed by atoms with E-state index in [1.165, 1.54) is 0 Å². The maximum Gasteiger partial charge on any atom is 0.391 e. The summed E-state index contributed by atoms with van der Waals surface area (Å²) >= 11 is 3.43. The topological polar surface area (TPSA) is 21.3 Å². The number of ether oxygens (including phenoxy) is 1. The van der Waals surface area contributed by atoms with Gasteiger partial charge in [0.1, 0.15) is 0 Å². The van der Waals surface area contributed by atoms with Crippen LogP contribution in [0.3, 0.4) is 0 Å². The van der Waals surface area contributed by atoms with Gasteiger partial charge in [0, 0.05) is 11.0 Å². The van der Waals surface area contributed by atoms with Crippen LogP contribution in [0.25, 0.3) is 0 Å². The number of hydrogen-bond acceptors (Lipinski definition) is 2. The second kappa shape index (κ2) is 8.76. The van der Waals surface area contributed by atoms with Crippen LogP contribution in [0.5, 0.6) is 0 Å². The highest BCUT2D eigenvalue weighted by atomic mass is 79.9. The molecule has 0 aliphatic rings. The van der Waals surface area contributed by atoms with Crippen LogP contribution in [-0.4, -0.2) is 19.3 Å². The van der Waals surface area contributed by atoms with Gasteiger partial charge in [0.15, 0.2) is 0 Å². The zero-order valence-corrected chi connectivity index (χ0v) is 13.9. The number of nitrogens with one attached hydrogen (secondary N) is 1. The molecule has 21 heavy (non-hydrogen) atoms. The minimum Gasteiger partial charge on any atom is -0.376 e. The third-order valence-electron chi connectivity index (χ3n) is 2.79. The lowest BCUT2D eigenvalue weighted by molar-refractivity contribution is -0.146. The SMILES string of the molecule is CC(C)CNCc1ccc(COCCC(F)(F)F)c(Br)c1. The number of hydrogen-bond donors (Lipinski definition) is 1. The Morgan fingerprint density at radius 2 is 2.00 bits per heavy atom. The summed E-state index contributed by atoms with van der Waals surface area (Å²) < 4.78 is 41.9. The van der Waals surface area contributed by atoms with Crippen molar-refractivity contribution < 1.29 is 17.9 Å². The van der Waals surface area contributed by atoms with E-state index < -0.39 is 12.6 Å². The quantitative estimate of drug-likeness (QED) is 0.674. The van der Waals surface area contributed by atoms with Crippen LogP contribution >= 0.6 is 15.9 Å². The van der Waals surface area contributed by atoms with Gasteiger partial charge in [-0.1, -0.05) is 41.9 Å². The summed E-state index contributed by atoms with van der Waals surface area (Å²) in [5.74, 6) is 0.592. The average Bonchev–Trinajstić information content (AvgIpc) is 2.35. The molecule has 0 saturated carbocycles. The largest absolute Gasteiger partial charge is 0.391 e. The predicted molar refractivity (Wildman–Crippen MR) is 81.0 cm³/mol. The molecule has 0 aliphatic carbocycles. The Balaban J connectivity index is 2.39. The molecule has 6 heteroatoms. The van der Waals surface area contributed by atoms with E-state index in [0.717, 1.165) is 28.7 Å². The Morgan fingerprint density at radius 1 is 1.29 bits per heavy atom. The van der Waals surface area contributed by atoms with Crippen LogP contribution in [0, 0.1) is 5.92 Å². The molecule has 2 nitrogen and oxygen atoms in total. The summed E-state index contributed by atoms with van der Waals surface area (Å²) in [7, 11) is 0. The van der Waals surface area contributed by atoms with E-state index in [1.807, 2.05) is 18.2 Å². The monoisotopic (exact) mass is 367 g/mol. The molecule has 0 fully saturated rings. The maximum absolute atomic E-state index is 12.0. The molecule has 0 aromatic heterocycles. The van der Waals surface area contributed by atoms with E-state index in [9.17, 15) is 13.2 Å². The predicted octanol–water partition coefficient (Wildman–Crippen LogP) is 4.66. The van der Waals surface area contributed by atoms with Crippen molar-refractivity contribution in [3.8, 4) is 0 Å². The second-order valence-electron chi connectivity index (χ2n) is 5.37. The molecule has 0 spiro atoms. The molecular formula is C15H21BrF3NO. The molecule has 0 unspecified atom stereocenters. The molecule has 0 amide bonds. The Kier molecular flexibility index (Phi) is 7.70. The highest BCUT2D eigenvalue weighted by Crippen LogP contribution is 2.22. The molecule has 1 rings (SSSR count). The number of rotatable bonds is 8. The molecule has 0 atom stereocenters. The van der Waals surface area contributed by atoms with E-state index in [0.29, 0.717) is 5.92 Å². The van der Waals surface area contributed by atoms with Gasteiger partial charge in [0.05, 0.1) is 19.6 Å². The van der Waals surface area contributed by atoms with Crippen LogP contribution in [0.4, 0.5) is 13.2 Å². The third kappa shape index (κ3) is 8.44. The minimum absolute atomic E-state index is 0.177. The molecule has 0 radical (unpaired) electrons. The van der Waals surface area contributed by atoms with Crippen LogP contribution < -0.4 is 5.32 Å². The summed E-state index contributed by atoms with van der Waals surface area (Å²) in [5, 5.41) is 3.34. The zero-order valence-electron chi connectivity index (χ0n) is 12.3. The number of alkyl halides is 3. The van der Waals surface area contributed by atoms with Gasteiger partial charge < -0.3 is 10.1 Å². The lowest BCUT2D eigenvalue weighted by atomic mass is 10.1. The fourth-order valence-corrected chi connectivity index (χ4v) is 2.23. The van der Waals surface area contributed by atoms with Crippen LogP contribution in [-0.2, 0) is 17.9 Å². The van der Waals surface area contributed by atoms with Gasteiger partial charge in [0.25, 0.3) is 0 Å². The van der Waals surface area contributed by atoms with E-state index in [1.54, 1.807) is 0 Å². The van der Waals surface area contributed by atoms with Crippen molar-refractivity contribution in [2.24, 2.45) is 5.92 Å². The highest BCUT2D eigenvalue weighted by Gasteiger charge is 2.26. The van der Waals surface area contributed by atoms with Crippen LogP contribution in [0.1, 0.15) is 31.4 Å². The van der Waals surface area contributed by atoms with Gasteiger partial charge >= 0.3 is 6.18 Å². The molecule has 1 aromatic carbocycles. The Hall–Kier alpha value is -0.590. The fraction of sp³-hybridized carbons (Fsp3) is 0.600. The first-order chi connectivity index (χ1) is 9.78. The van der Waals surface area contributed by atoms with E-state index in [2.05, 4.69) is 35.1 Å². The van der Waals surface area contributed by atoms with Crippen molar-refractivity contribution in [2.45, 2.75) is 39.6 Å². The van der Waals surface area contributed by atoms with E-state index >= 15 is 0 Å². The first-order valence-corrected chi connectivity index (χ1v) is 7.70. The smallest absolute Gasteiger partial charge is 0.376 e. The Morgan fingerprint density at radius 3 is 2.57 bits per heavy atom. The highest BCUT2D eigenvalue weighted by molar-refractivity contribution is 9.10. The molecule has 120 valence electrons. The summed E-state index contributed by atoms with van der Waals surface area (Å²) in [6.07, 6.45) is -5.08. The average molecular weight is 368 g/mol. The zero-order chi connectivity index (χ0) is 15.9. The van der Waals surface area contributed by atoms with Crippen LogP contribution in [0.2, 0.25) is 0 Å². The standard InChI is InChI=1S/C15H21BrF3NO/c1-11(2)8-20-9-12-3-4-13(14(16)7-12)10-21-6-5-15(17,18)19/h3-4,7,11,20H,5-6,8-10H2,1-2H3. The lowest BCUT2D eigenvalue weighted by Gasteiger charge is -2.11. The van der Waals surface area contributed by atoms with Crippen molar-refractivity contribution in [3.63, 3.8) is 0 Å². The first-order valence-electron chi connectivity index (χ1n) is 6.90. The molecule has 0 bridgehead atoms. The Bertz CT molecular complexity index is 435. The van der Waals surface area contributed by atoms with Gasteiger partial charge in [-0.2, -0.15) is 13.2 Å². The van der Waals surface area contributed by atoms with Gasteiger partial charge in [-0.05, 0) is 29.7 Å². The van der Waals surface area contributed by atoms with E-state index in [4.69, 9.17) is 4.74 Å². The number of benzene rings is 1. The molecule has 1 aromatic rings. The van der Waals surface area contributed by atoms with Crippen molar-refractivity contribution in [2.75, 3.05) is 13.2 Å². The number of halogens is 4. The van der Waals surface area contributed by atoms with E-state index in [-0.39, 0.29) is 13.2 Å². The molecule has 0 aliphatic heterocycles. The van der Waals surface area contributed by atoms with Crippen molar-refractivity contribution in [1.82, 2.24) is 5.32 Å². The first kappa shape index (κ1) is 18.5. The fourth-order valence-electron chi connectivity index (χ4n) is 1.69. The normalized spacial score (nSPS) is 12.1. The van der Waals surface area contributed by atoms with Crippen molar-refractivity contribution in [1.29, 1.82) is 0 Å². The van der Waals surface area contributed by atoms with Crippen molar-refractivity contribution >= 4 is 15.9 Å². The summed E-state index contributed by atoms with van der Waals surface area (Å²) in [5.41, 5.74) is 1.98. The molecule has 1 N–H and O–H groups in total. The van der Waals surface area contributed by atoms with Crippen molar-refractivity contribution in [3.05, 3.63) is 33.8 Å². The molecular weight excluding hydrogens is 347 g/mol. The minimum atomic E-state index is -4.16. The summed E-state index contributed by atoms with van der Waals surface area (Å²) in [6.45, 7) is 5.87. The van der Waals surface area contributed by atoms with Gasteiger partial charge in [0.2, 0.25) is 0 Å². The second-order valence-corrected chi connectivity index (χ2v) is 6.22.